The standard InChI is InChI=1S/C34H32F4O3/c1-3-4-5-6-7-8-21-40-29-20-19-27(31(36)33(29)38)24-13-15-25(16-14-24)41-34(39)28-18-17-26(30(35)32(28)37)23-11-9-22(2)10-12-23/h9-20H,3-8,21H2,1-2H3. The van der Waals surface area contributed by atoms with Gasteiger partial charge in [-0.25, -0.2) is 18.0 Å². The molecule has 0 amide bonds. The number of carbonyl (C=O) groups is 1. The highest BCUT2D eigenvalue weighted by Gasteiger charge is 2.21. The number of rotatable bonds is 12. The molecule has 3 nitrogen and oxygen atoms in total. The predicted molar refractivity (Wildman–Crippen MR) is 152 cm³/mol. The SMILES string of the molecule is CCCCCCCCOc1ccc(-c2ccc(OC(=O)c3ccc(-c4ccc(C)cc4)c(F)c3F)cc2)c(F)c1F. The fraction of sp³-hybridized carbons (Fsp3) is 0.265. The van der Waals surface area contributed by atoms with Gasteiger partial charge >= 0.3 is 5.97 Å². The van der Waals surface area contributed by atoms with E-state index in [0.29, 0.717) is 17.7 Å². The number of esters is 1. The summed E-state index contributed by atoms with van der Waals surface area (Å²) in [6, 6.07) is 17.8. The Hall–Kier alpha value is -4.13. The van der Waals surface area contributed by atoms with Crippen molar-refractivity contribution < 1.29 is 31.8 Å². The third-order valence-electron chi connectivity index (χ3n) is 6.84. The summed E-state index contributed by atoms with van der Waals surface area (Å²) in [6.45, 7) is 4.33. The Morgan fingerprint density at radius 2 is 1.20 bits per heavy atom. The van der Waals surface area contributed by atoms with Crippen molar-refractivity contribution in [1.29, 1.82) is 0 Å². The van der Waals surface area contributed by atoms with E-state index in [2.05, 4.69) is 6.92 Å². The highest BCUT2D eigenvalue weighted by molar-refractivity contribution is 5.92. The second-order valence-electron chi connectivity index (χ2n) is 9.92. The summed E-state index contributed by atoms with van der Waals surface area (Å²) in [5.41, 5.74) is 1.25. The van der Waals surface area contributed by atoms with E-state index in [-0.39, 0.29) is 22.6 Å². The van der Waals surface area contributed by atoms with Gasteiger partial charge in [-0.05, 0) is 54.8 Å². The van der Waals surface area contributed by atoms with E-state index in [1.54, 1.807) is 24.3 Å². The molecule has 0 aliphatic rings. The lowest BCUT2D eigenvalue weighted by molar-refractivity contribution is 0.0728. The first-order valence-electron chi connectivity index (χ1n) is 13.8. The summed E-state index contributed by atoms with van der Waals surface area (Å²) < 4.78 is 69.7. The Morgan fingerprint density at radius 1 is 0.634 bits per heavy atom. The summed E-state index contributed by atoms with van der Waals surface area (Å²) in [4.78, 5) is 12.6. The molecule has 4 rings (SSSR count). The van der Waals surface area contributed by atoms with Crippen LogP contribution < -0.4 is 9.47 Å². The van der Waals surface area contributed by atoms with Gasteiger partial charge in [-0.15, -0.1) is 0 Å². The molecule has 4 aromatic rings. The van der Waals surface area contributed by atoms with Gasteiger partial charge in [-0.1, -0.05) is 87.1 Å². The molecule has 0 N–H and O–H groups in total. The monoisotopic (exact) mass is 564 g/mol. The molecule has 0 atom stereocenters. The number of carbonyl (C=O) groups excluding carboxylic acids is 1. The van der Waals surface area contributed by atoms with Crippen LogP contribution in [0.15, 0.2) is 72.8 Å². The fourth-order valence-electron chi connectivity index (χ4n) is 4.46. The molecule has 0 aromatic heterocycles. The van der Waals surface area contributed by atoms with Gasteiger partial charge in [0.1, 0.15) is 5.75 Å². The number of benzene rings is 4. The van der Waals surface area contributed by atoms with E-state index in [0.717, 1.165) is 37.7 Å². The molecule has 0 saturated carbocycles. The highest BCUT2D eigenvalue weighted by atomic mass is 19.2. The van der Waals surface area contributed by atoms with Crippen LogP contribution in [0.3, 0.4) is 0 Å². The minimum Gasteiger partial charge on any atom is -0.490 e. The van der Waals surface area contributed by atoms with Gasteiger partial charge in [-0.3, -0.25) is 0 Å². The smallest absolute Gasteiger partial charge is 0.346 e. The first kappa shape index (κ1) is 29.8. The maximum Gasteiger partial charge on any atom is 0.346 e. The van der Waals surface area contributed by atoms with Crippen LogP contribution in [0.25, 0.3) is 22.3 Å². The van der Waals surface area contributed by atoms with Gasteiger partial charge in [0.05, 0.1) is 12.2 Å². The number of hydrogen-bond acceptors (Lipinski definition) is 3. The normalized spacial score (nSPS) is 11.0. The average molecular weight is 565 g/mol. The largest absolute Gasteiger partial charge is 0.490 e. The van der Waals surface area contributed by atoms with Crippen LogP contribution >= 0.6 is 0 Å². The molecular weight excluding hydrogens is 532 g/mol. The Morgan fingerprint density at radius 3 is 1.85 bits per heavy atom. The maximum absolute atomic E-state index is 14.8. The zero-order valence-electron chi connectivity index (χ0n) is 23.1. The van der Waals surface area contributed by atoms with Crippen LogP contribution in [0.4, 0.5) is 17.6 Å². The molecule has 0 fully saturated rings. The average Bonchev–Trinajstić information content (AvgIpc) is 2.97. The summed E-state index contributed by atoms with van der Waals surface area (Å²) in [6.07, 6.45) is 6.33. The van der Waals surface area contributed by atoms with Crippen molar-refractivity contribution >= 4 is 5.97 Å². The first-order chi connectivity index (χ1) is 19.8. The Bertz CT molecular complexity index is 1480. The second kappa shape index (κ2) is 14.0. The molecule has 4 aromatic carbocycles. The topological polar surface area (TPSA) is 35.5 Å². The minimum atomic E-state index is -1.32. The summed E-state index contributed by atoms with van der Waals surface area (Å²) >= 11 is 0. The molecule has 0 heterocycles. The predicted octanol–water partition coefficient (Wildman–Crippen LogP) is 9.84. The second-order valence-corrected chi connectivity index (χ2v) is 9.92. The third kappa shape index (κ3) is 7.34. The van der Waals surface area contributed by atoms with Crippen molar-refractivity contribution in [2.75, 3.05) is 6.61 Å². The number of unbranched alkanes of at least 4 members (excludes halogenated alkanes) is 5. The van der Waals surface area contributed by atoms with Gasteiger partial charge in [0.2, 0.25) is 5.82 Å². The van der Waals surface area contributed by atoms with Crippen LogP contribution in [0, 0.1) is 30.2 Å². The van der Waals surface area contributed by atoms with Crippen molar-refractivity contribution in [3.8, 4) is 33.8 Å². The third-order valence-corrected chi connectivity index (χ3v) is 6.84. The van der Waals surface area contributed by atoms with E-state index in [4.69, 9.17) is 9.47 Å². The highest BCUT2D eigenvalue weighted by Crippen LogP contribution is 2.32. The van der Waals surface area contributed by atoms with Crippen molar-refractivity contribution in [3.63, 3.8) is 0 Å². The summed E-state index contributed by atoms with van der Waals surface area (Å²) in [5.74, 6) is -5.81. The number of ether oxygens (including phenoxy) is 2. The van der Waals surface area contributed by atoms with Crippen LogP contribution in [0.5, 0.6) is 11.5 Å². The minimum absolute atomic E-state index is 0.00658. The van der Waals surface area contributed by atoms with Crippen LogP contribution in [-0.4, -0.2) is 12.6 Å². The molecule has 0 spiro atoms. The lowest BCUT2D eigenvalue weighted by Crippen LogP contribution is -2.12. The van der Waals surface area contributed by atoms with Gasteiger partial charge in [0.15, 0.2) is 23.2 Å². The van der Waals surface area contributed by atoms with Gasteiger partial charge in [0.25, 0.3) is 0 Å². The lowest BCUT2D eigenvalue weighted by Gasteiger charge is -2.11. The van der Waals surface area contributed by atoms with Crippen molar-refractivity contribution in [1.82, 2.24) is 0 Å². The number of hydrogen-bond donors (Lipinski definition) is 0. The van der Waals surface area contributed by atoms with Crippen molar-refractivity contribution in [2.45, 2.75) is 52.4 Å². The fourth-order valence-corrected chi connectivity index (χ4v) is 4.46. The van der Waals surface area contributed by atoms with E-state index in [9.17, 15) is 22.4 Å². The van der Waals surface area contributed by atoms with Crippen molar-refractivity contribution in [2.24, 2.45) is 0 Å². The van der Waals surface area contributed by atoms with Gasteiger partial charge < -0.3 is 9.47 Å². The molecule has 0 unspecified atom stereocenters. The maximum atomic E-state index is 14.8. The quantitative estimate of drug-likeness (QED) is 0.0744. The Kier molecular flexibility index (Phi) is 10.2. The van der Waals surface area contributed by atoms with Crippen molar-refractivity contribution in [3.05, 3.63) is 107 Å². The summed E-state index contributed by atoms with van der Waals surface area (Å²) in [5, 5.41) is 0. The van der Waals surface area contributed by atoms with Crippen LogP contribution in [0.2, 0.25) is 0 Å². The zero-order chi connectivity index (χ0) is 29.4. The molecule has 41 heavy (non-hydrogen) atoms. The summed E-state index contributed by atoms with van der Waals surface area (Å²) in [7, 11) is 0. The van der Waals surface area contributed by atoms with E-state index in [1.165, 1.54) is 55.0 Å². The lowest BCUT2D eigenvalue weighted by atomic mass is 10.0. The van der Waals surface area contributed by atoms with Crippen LogP contribution in [-0.2, 0) is 0 Å². The number of halogens is 4. The molecular formula is C34H32F4O3. The zero-order valence-corrected chi connectivity index (χ0v) is 23.1. The van der Waals surface area contributed by atoms with E-state index < -0.39 is 34.8 Å². The molecule has 214 valence electrons. The Labute approximate surface area is 237 Å². The molecule has 0 radical (unpaired) electrons. The molecule has 7 heteroatoms. The van der Waals surface area contributed by atoms with E-state index in [1.807, 2.05) is 6.92 Å². The molecule has 0 bridgehead atoms. The van der Waals surface area contributed by atoms with Gasteiger partial charge in [0, 0.05) is 11.1 Å². The molecule has 0 aliphatic heterocycles. The first-order valence-corrected chi connectivity index (χ1v) is 13.8. The molecule has 0 saturated heterocycles. The van der Waals surface area contributed by atoms with E-state index >= 15 is 0 Å². The van der Waals surface area contributed by atoms with Crippen LogP contribution in [0.1, 0.15) is 61.4 Å². The van der Waals surface area contributed by atoms with Gasteiger partial charge in [-0.2, -0.15) is 4.39 Å². The number of aryl methyl sites for hydroxylation is 1. The Balaban J connectivity index is 1.40. The molecule has 0 aliphatic carbocycles.